The molecule has 0 bridgehead atoms. The van der Waals surface area contributed by atoms with Crippen LogP contribution in [0.25, 0.3) is 0 Å². The molecular weight excluding hydrogens is 332 g/mol. The number of nitrogens with zero attached hydrogens (tertiary/aromatic N) is 3. The largest absolute Gasteiger partial charge is 0.358 e. The maximum atomic E-state index is 11.1. The minimum absolute atomic E-state index is 0.205. The molecule has 2 heterocycles. The Hall–Kier alpha value is -0.880. The maximum Gasteiger partial charge on any atom is 0.208 e. The van der Waals surface area contributed by atoms with Crippen molar-refractivity contribution in [3.8, 4) is 6.07 Å². The van der Waals surface area contributed by atoms with Crippen LogP contribution in [0.1, 0.15) is 31.2 Å². The first-order valence-electron chi connectivity index (χ1n) is 6.69. The van der Waals surface area contributed by atoms with Crippen LogP contribution in [0.2, 0.25) is 5.15 Å². The Balaban J connectivity index is 2.10. The lowest BCUT2D eigenvalue weighted by Gasteiger charge is -2.36. The maximum absolute atomic E-state index is 11.1. The number of nitriles is 1. The fraction of sp³-hybridized carbons (Fsp3) is 0.667. The summed E-state index contributed by atoms with van der Waals surface area (Å²) in [5, 5.41) is 10.2. The van der Waals surface area contributed by atoms with Crippen LogP contribution in [0.5, 0.6) is 0 Å². The molecule has 1 aliphatic heterocycles. The van der Waals surface area contributed by atoms with E-state index in [1.165, 1.54) is 11.5 Å². The summed E-state index contributed by atoms with van der Waals surface area (Å²) < 4.78 is 28.8. The summed E-state index contributed by atoms with van der Waals surface area (Å²) in [5.41, 5.74) is 0.421. The van der Waals surface area contributed by atoms with Crippen LogP contribution in [0.4, 0.5) is 5.00 Å². The third kappa shape index (κ3) is 4.30. The molecule has 2 rings (SSSR count). The van der Waals surface area contributed by atoms with Crippen LogP contribution < -0.4 is 9.62 Å². The molecule has 116 valence electrons. The van der Waals surface area contributed by atoms with Crippen molar-refractivity contribution in [2.75, 3.05) is 24.2 Å². The van der Waals surface area contributed by atoms with Gasteiger partial charge in [-0.25, -0.2) is 13.1 Å². The Bertz CT molecular complexity index is 638. The minimum atomic E-state index is -3.17. The molecule has 0 aliphatic carbocycles. The number of rotatable bonds is 5. The number of hydrogen-bond donors (Lipinski definition) is 1. The van der Waals surface area contributed by atoms with Gasteiger partial charge in [-0.15, -0.1) is 0 Å². The first-order chi connectivity index (χ1) is 9.92. The average Bonchev–Trinajstić information content (AvgIpc) is 2.79. The Kier molecular flexibility index (Phi) is 5.43. The Morgan fingerprint density at radius 3 is 3.00 bits per heavy atom. The van der Waals surface area contributed by atoms with Gasteiger partial charge in [-0.05, 0) is 37.2 Å². The summed E-state index contributed by atoms with van der Waals surface area (Å²) in [6.07, 6.45) is 4.99. The number of anilines is 1. The Morgan fingerprint density at radius 2 is 2.33 bits per heavy atom. The lowest BCUT2D eigenvalue weighted by atomic mass is 9.99. The number of halogens is 1. The molecule has 1 fully saturated rings. The molecule has 1 aromatic heterocycles. The van der Waals surface area contributed by atoms with E-state index in [-0.39, 0.29) is 11.2 Å². The van der Waals surface area contributed by atoms with E-state index in [2.05, 4.69) is 20.1 Å². The highest BCUT2D eigenvalue weighted by Gasteiger charge is 2.27. The Labute approximate surface area is 133 Å². The van der Waals surface area contributed by atoms with Crippen LogP contribution >= 0.6 is 23.1 Å². The molecule has 0 spiro atoms. The van der Waals surface area contributed by atoms with Gasteiger partial charge in [0.1, 0.15) is 16.6 Å². The fourth-order valence-electron chi connectivity index (χ4n) is 2.53. The number of sulfonamides is 1. The second-order valence-corrected chi connectivity index (χ2v) is 8.01. The van der Waals surface area contributed by atoms with E-state index in [0.29, 0.717) is 18.5 Å². The number of aromatic nitrogens is 1. The third-order valence-corrected chi connectivity index (χ3v) is 5.46. The van der Waals surface area contributed by atoms with E-state index in [0.717, 1.165) is 37.1 Å². The molecule has 6 nitrogen and oxygen atoms in total. The molecule has 21 heavy (non-hydrogen) atoms. The molecule has 1 atom stereocenters. The average molecular weight is 349 g/mol. The monoisotopic (exact) mass is 348 g/mol. The first kappa shape index (κ1) is 16.5. The van der Waals surface area contributed by atoms with Crippen molar-refractivity contribution in [1.29, 1.82) is 5.26 Å². The molecule has 0 amide bonds. The van der Waals surface area contributed by atoms with Gasteiger partial charge >= 0.3 is 0 Å². The van der Waals surface area contributed by atoms with Crippen LogP contribution in [-0.2, 0) is 10.0 Å². The quantitative estimate of drug-likeness (QED) is 0.879. The molecule has 0 aromatic carbocycles. The molecule has 1 unspecified atom stereocenters. The highest BCUT2D eigenvalue weighted by Crippen LogP contribution is 2.35. The van der Waals surface area contributed by atoms with Gasteiger partial charge in [0.15, 0.2) is 5.15 Å². The van der Waals surface area contributed by atoms with Crippen molar-refractivity contribution in [2.45, 2.75) is 31.7 Å². The summed E-state index contributed by atoms with van der Waals surface area (Å²) in [7, 11) is -3.17. The molecule has 0 radical (unpaired) electrons. The summed E-state index contributed by atoms with van der Waals surface area (Å²) >= 11 is 7.17. The number of hydrogen-bond acceptors (Lipinski definition) is 6. The zero-order valence-corrected chi connectivity index (χ0v) is 14.1. The first-order valence-corrected chi connectivity index (χ1v) is 9.73. The molecule has 0 saturated carbocycles. The molecule has 1 aromatic rings. The lowest BCUT2D eigenvalue weighted by Crippen LogP contribution is -2.41. The SMILES string of the molecule is CS(=O)(=O)NCCC1CCCCN1c1snc(Cl)c1C#N. The molecule has 9 heteroatoms. The summed E-state index contributed by atoms with van der Waals surface area (Å²) in [6, 6.07) is 2.31. The molecule has 1 saturated heterocycles. The lowest BCUT2D eigenvalue weighted by molar-refractivity contribution is 0.438. The normalized spacial score (nSPS) is 19.5. The van der Waals surface area contributed by atoms with Crippen molar-refractivity contribution < 1.29 is 8.42 Å². The second-order valence-electron chi connectivity index (χ2n) is 5.06. The zero-order valence-electron chi connectivity index (χ0n) is 11.7. The van der Waals surface area contributed by atoms with Gasteiger partial charge in [-0.3, -0.25) is 0 Å². The van der Waals surface area contributed by atoms with Crippen LogP contribution in [0.3, 0.4) is 0 Å². The van der Waals surface area contributed by atoms with E-state index < -0.39 is 10.0 Å². The van der Waals surface area contributed by atoms with E-state index >= 15 is 0 Å². The third-order valence-electron chi connectivity index (χ3n) is 3.47. The van der Waals surface area contributed by atoms with Crippen LogP contribution in [0, 0.1) is 11.3 Å². The van der Waals surface area contributed by atoms with Gasteiger partial charge < -0.3 is 4.90 Å². The van der Waals surface area contributed by atoms with E-state index in [9.17, 15) is 13.7 Å². The predicted molar refractivity (Wildman–Crippen MR) is 84.3 cm³/mol. The molecule has 1 aliphatic rings. The summed E-state index contributed by atoms with van der Waals surface area (Å²) in [4.78, 5) is 2.15. The van der Waals surface area contributed by atoms with Crippen molar-refractivity contribution in [3.05, 3.63) is 10.7 Å². The van der Waals surface area contributed by atoms with Gasteiger partial charge in [-0.1, -0.05) is 11.6 Å². The van der Waals surface area contributed by atoms with Gasteiger partial charge in [0.05, 0.1) is 6.26 Å². The van der Waals surface area contributed by atoms with E-state index in [1.807, 2.05) is 0 Å². The van der Waals surface area contributed by atoms with Crippen molar-refractivity contribution in [3.63, 3.8) is 0 Å². The highest BCUT2D eigenvalue weighted by atomic mass is 35.5. The van der Waals surface area contributed by atoms with Crippen molar-refractivity contribution >= 4 is 38.2 Å². The molecule has 1 N–H and O–H groups in total. The topological polar surface area (TPSA) is 86.1 Å². The van der Waals surface area contributed by atoms with E-state index in [1.54, 1.807) is 0 Å². The fourth-order valence-corrected chi connectivity index (χ4v) is 4.15. The highest BCUT2D eigenvalue weighted by molar-refractivity contribution is 7.88. The van der Waals surface area contributed by atoms with Gasteiger partial charge in [0, 0.05) is 19.1 Å². The minimum Gasteiger partial charge on any atom is -0.358 e. The van der Waals surface area contributed by atoms with Crippen LogP contribution in [0.15, 0.2) is 0 Å². The molecular formula is C12H17ClN4O2S2. The van der Waals surface area contributed by atoms with Gasteiger partial charge in [0.2, 0.25) is 10.0 Å². The smallest absolute Gasteiger partial charge is 0.208 e. The van der Waals surface area contributed by atoms with Crippen LogP contribution in [-0.4, -0.2) is 38.2 Å². The second kappa shape index (κ2) is 6.92. The van der Waals surface area contributed by atoms with E-state index in [4.69, 9.17) is 11.6 Å². The zero-order chi connectivity index (χ0) is 15.5. The number of piperidine rings is 1. The standard InChI is InChI=1S/C12H17ClN4O2S2/c1-21(18,19)15-6-5-9-4-2-3-7-17(9)12-10(8-14)11(13)16-20-12/h9,15H,2-7H2,1H3. The summed E-state index contributed by atoms with van der Waals surface area (Å²) in [6.45, 7) is 1.24. The van der Waals surface area contributed by atoms with Gasteiger partial charge in [-0.2, -0.15) is 9.64 Å². The van der Waals surface area contributed by atoms with Gasteiger partial charge in [0.25, 0.3) is 0 Å². The predicted octanol–water partition coefficient (Wildman–Crippen LogP) is 1.97. The van der Waals surface area contributed by atoms with Crippen molar-refractivity contribution in [1.82, 2.24) is 9.10 Å². The Morgan fingerprint density at radius 1 is 1.57 bits per heavy atom. The summed E-state index contributed by atoms with van der Waals surface area (Å²) in [5.74, 6) is 0. The number of nitrogens with one attached hydrogen (secondary N) is 1. The van der Waals surface area contributed by atoms with Crippen molar-refractivity contribution in [2.24, 2.45) is 0 Å².